The Morgan fingerprint density at radius 1 is 1.55 bits per heavy atom. The summed E-state index contributed by atoms with van der Waals surface area (Å²) in [5.74, 6) is 0.662. The average molecular weight is 325 g/mol. The molecule has 0 bridgehead atoms. The van der Waals surface area contributed by atoms with Gasteiger partial charge in [0.05, 0.1) is 11.8 Å². The van der Waals surface area contributed by atoms with Gasteiger partial charge in [-0.1, -0.05) is 11.8 Å². The Morgan fingerprint density at radius 2 is 2.45 bits per heavy atom. The molecule has 0 N–H and O–H groups in total. The van der Waals surface area contributed by atoms with Crippen molar-refractivity contribution in [3.63, 3.8) is 0 Å². The van der Waals surface area contributed by atoms with E-state index >= 15 is 0 Å². The number of likely N-dealkylation sites (tertiary alicyclic amines) is 1. The van der Waals surface area contributed by atoms with Gasteiger partial charge in [-0.2, -0.15) is 0 Å². The molecule has 0 aliphatic carbocycles. The second-order valence-corrected chi connectivity index (χ2v) is 7.67. The molecule has 1 amide bonds. The number of hydrogen-bond donors (Lipinski definition) is 0. The Bertz CT molecular complexity index is 581. The summed E-state index contributed by atoms with van der Waals surface area (Å²) in [5.41, 5.74) is 1.02. The van der Waals surface area contributed by atoms with Crippen molar-refractivity contribution in [2.75, 3.05) is 12.3 Å². The van der Waals surface area contributed by atoms with Crippen molar-refractivity contribution in [3.8, 4) is 0 Å². The molecule has 0 aromatic carbocycles. The third-order valence-corrected chi connectivity index (χ3v) is 6.23. The topological polar surface area (TPSA) is 46.1 Å². The molecule has 1 saturated heterocycles. The average Bonchev–Trinajstić information content (AvgIpc) is 3.16. The van der Waals surface area contributed by atoms with Crippen molar-refractivity contribution in [2.24, 2.45) is 0 Å². The number of hydrogen-bond acceptors (Lipinski definition) is 6. The Hall–Kier alpha value is -0.920. The standard InChI is InChI=1S/C13H15N3OS3/c1-9-7-19-13(15-9)20-8-11(17)16-5-2-3-10(16)12-14-4-6-18-12/h4,6-7,10H,2-3,5,8H2,1H3/t10-/m1/s1. The van der Waals surface area contributed by atoms with E-state index in [0.717, 1.165) is 34.4 Å². The van der Waals surface area contributed by atoms with Crippen LogP contribution in [0.25, 0.3) is 0 Å². The van der Waals surface area contributed by atoms with E-state index in [2.05, 4.69) is 9.97 Å². The second-order valence-electron chi connectivity index (χ2n) is 4.66. The smallest absolute Gasteiger partial charge is 0.233 e. The van der Waals surface area contributed by atoms with Crippen LogP contribution in [-0.2, 0) is 4.79 Å². The SMILES string of the molecule is Cc1csc(SCC(=O)N2CCC[C@@H]2c2nccs2)n1. The number of aryl methyl sites for hydroxylation is 1. The van der Waals surface area contributed by atoms with Crippen molar-refractivity contribution in [3.05, 3.63) is 27.7 Å². The third kappa shape index (κ3) is 3.05. The maximum atomic E-state index is 12.4. The highest BCUT2D eigenvalue weighted by molar-refractivity contribution is 8.01. The molecule has 0 saturated carbocycles. The predicted octanol–water partition coefficient (Wildman–Crippen LogP) is 3.36. The van der Waals surface area contributed by atoms with Gasteiger partial charge >= 0.3 is 0 Å². The van der Waals surface area contributed by atoms with E-state index in [0.29, 0.717) is 5.75 Å². The monoisotopic (exact) mass is 325 g/mol. The van der Waals surface area contributed by atoms with Gasteiger partial charge in [-0.3, -0.25) is 4.79 Å². The molecule has 4 nitrogen and oxygen atoms in total. The molecule has 1 atom stereocenters. The molecule has 2 aromatic heterocycles. The summed E-state index contributed by atoms with van der Waals surface area (Å²) < 4.78 is 0.973. The van der Waals surface area contributed by atoms with E-state index in [4.69, 9.17) is 0 Å². The van der Waals surface area contributed by atoms with Crippen LogP contribution in [0, 0.1) is 6.92 Å². The Morgan fingerprint density at radius 3 is 3.15 bits per heavy atom. The van der Waals surface area contributed by atoms with Gasteiger partial charge in [0.25, 0.3) is 0 Å². The molecule has 20 heavy (non-hydrogen) atoms. The van der Waals surface area contributed by atoms with Crippen LogP contribution >= 0.6 is 34.4 Å². The van der Waals surface area contributed by atoms with Crippen molar-refractivity contribution < 1.29 is 4.79 Å². The molecule has 7 heteroatoms. The van der Waals surface area contributed by atoms with E-state index in [9.17, 15) is 4.79 Å². The van der Waals surface area contributed by atoms with Crippen molar-refractivity contribution >= 4 is 40.3 Å². The molecule has 1 aliphatic rings. The molecule has 0 radical (unpaired) electrons. The van der Waals surface area contributed by atoms with Gasteiger partial charge in [0.2, 0.25) is 5.91 Å². The number of carbonyl (C=O) groups excluding carboxylic acids is 1. The lowest BCUT2D eigenvalue weighted by Gasteiger charge is -2.22. The second kappa shape index (κ2) is 6.24. The van der Waals surface area contributed by atoms with Crippen LogP contribution < -0.4 is 0 Å². The van der Waals surface area contributed by atoms with Crippen LogP contribution in [0.2, 0.25) is 0 Å². The summed E-state index contributed by atoms with van der Waals surface area (Å²) >= 11 is 4.78. The highest BCUT2D eigenvalue weighted by Gasteiger charge is 2.31. The van der Waals surface area contributed by atoms with Crippen molar-refractivity contribution in [1.29, 1.82) is 0 Å². The zero-order chi connectivity index (χ0) is 13.9. The zero-order valence-corrected chi connectivity index (χ0v) is 13.6. The quantitative estimate of drug-likeness (QED) is 0.809. The van der Waals surface area contributed by atoms with Gasteiger partial charge in [-0.25, -0.2) is 9.97 Å². The molecule has 3 rings (SSSR count). The number of carbonyl (C=O) groups is 1. The van der Waals surface area contributed by atoms with Gasteiger partial charge in [-0.15, -0.1) is 22.7 Å². The summed E-state index contributed by atoms with van der Waals surface area (Å²) in [5, 5.41) is 5.05. The van der Waals surface area contributed by atoms with Gasteiger partial charge in [0.1, 0.15) is 5.01 Å². The third-order valence-electron chi connectivity index (χ3n) is 3.23. The first-order chi connectivity index (χ1) is 9.74. The molecule has 2 aromatic rings. The largest absolute Gasteiger partial charge is 0.332 e. The first-order valence-electron chi connectivity index (χ1n) is 6.48. The normalized spacial score (nSPS) is 18.6. The first-order valence-corrected chi connectivity index (χ1v) is 9.22. The molecule has 1 aliphatic heterocycles. The fourth-order valence-electron chi connectivity index (χ4n) is 2.33. The van der Waals surface area contributed by atoms with E-state index < -0.39 is 0 Å². The Kier molecular flexibility index (Phi) is 4.38. The van der Waals surface area contributed by atoms with Crippen LogP contribution in [0.15, 0.2) is 21.3 Å². The van der Waals surface area contributed by atoms with Crippen molar-refractivity contribution in [2.45, 2.75) is 30.1 Å². The van der Waals surface area contributed by atoms with Gasteiger partial charge in [0.15, 0.2) is 4.34 Å². The molecule has 0 unspecified atom stereocenters. The van der Waals surface area contributed by atoms with Crippen LogP contribution in [0.5, 0.6) is 0 Å². The molecule has 1 fully saturated rings. The summed E-state index contributed by atoms with van der Waals surface area (Å²) in [6.45, 7) is 2.82. The summed E-state index contributed by atoms with van der Waals surface area (Å²) in [4.78, 5) is 23.1. The van der Waals surface area contributed by atoms with E-state index in [1.807, 2.05) is 28.8 Å². The maximum absolute atomic E-state index is 12.4. The highest BCUT2D eigenvalue weighted by atomic mass is 32.2. The summed E-state index contributed by atoms with van der Waals surface area (Å²) in [6.07, 6.45) is 3.91. The van der Waals surface area contributed by atoms with E-state index in [1.165, 1.54) is 11.8 Å². The van der Waals surface area contributed by atoms with Gasteiger partial charge in [-0.05, 0) is 19.8 Å². The summed E-state index contributed by atoms with van der Waals surface area (Å²) in [6, 6.07) is 0.182. The molecular weight excluding hydrogens is 310 g/mol. The lowest BCUT2D eigenvalue weighted by molar-refractivity contribution is -0.129. The minimum absolute atomic E-state index is 0.182. The van der Waals surface area contributed by atoms with Gasteiger partial charge in [0, 0.05) is 29.2 Å². The lowest BCUT2D eigenvalue weighted by atomic mass is 10.2. The van der Waals surface area contributed by atoms with Crippen LogP contribution in [-0.4, -0.2) is 33.1 Å². The fourth-order valence-corrected chi connectivity index (χ4v) is 4.85. The van der Waals surface area contributed by atoms with Gasteiger partial charge < -0.3 is 4.90 Å². The Balaban J connectivity index is 1.61. The predicted molar refractivity (Wildman–Crippen MR) is 83.4 cm³/mol. The van der Waals surface area contributed by atoms with Crippen LogP contribution in [0.1, 0.15) is 29.6 Å². The van der Waals surface area contributed by atoms with Crippen LogP contribution in [0.4, 0.5) is 0 Å². The number of thioether (sulfide) groups is 1. The lowest BCUT2D eigenvalue weighted by Crippen LogP contribution is -2.31. The molecule has 0 spiro atoms. The maximum Gasteiger partial charge on any atom is 0.233 e. The number of amides is 1. The fraction of sp³-hybridized carbons (Fsp3) is 0.462. The van der Waals surface area contributed by atoms with Crippen molar-refractivity contribution in [1.82, 2.24) is 14.9 Å². The molecule has 3 heterocycles. The highest BCUT2D eigenvalue weighted by Crippen LogP contribution is 2.34. The van der Waals surface area contributed by atoms with E-state index in [-0.39, 0.29) is 11.9 Å². The minimum Gasteiger partial charge on any atom is -0.332 e. The van der Waals surface area contributed by atoms with Crippen LogP contribution in [0.3, 0.4) is 0 Å². The minimum atomic E-state index is 0.182. The van der Waals surface area contributed by atoms with E-state index in [1.54, 1.807) is 22.7 Å². The number of rotatable bonds is 4. The molecule has 106 valence electrons. The molecular formula is C13H15N3OS3. The first kappa shape index (κ1) is 14.0. The Labute approximate surface area is 130 Å². The number of thiazole rings is 2. The number of aromatic nitrogens is 2. The number of nitrogens with zero attached hydrogens (tertiary/aromatic N) is 3. The summed E-state index contributed by atoms with van der Waals surface area (Å²) in [7, 11) is 0. The zero-order valence-electron chi connectivity index (χ0n) is 11.1.